The van der Waals surface area contributed by atoms with Gasteiger partial charge in [0.15, 0.2) is 0 Å². The van der Waals surface area contributed by atoms with Gasteiger partial charge in [-0.2, -0.15) is 8.78 Å². The third kappa shape index (κ3) is 3.78. The van der Waals surface area contributed by atoms with Gasteiger partial charge in [0.25, 0.3) is 0 Å². The Balaban J connectivity index is 1.69. The van der Waals surface area contributed by atoms with Gasteiger partial charge < -0.3 is 10.1 Å². The largest absolute Gasteiger partial charge is 0.434 e. The smallest absolute Gasteiger partial charge is 0.387 e. The van der Waals surface area contributed by atoms with Crippen molar-refractivity contribution >= 4 is 15.9 Å². The molecule has 2 aliphatic heterocycles. The van der Waals surface area contributed by atoms with Crippen LogP contribution in [0.25, 0.3) is 0 Å². The summed E-state index contributed by atoms with van der Waals surface area (Å²) in [5, 5.41) is 3.41. The normalized spacial score (nSPS) is 21.6. The molecule has 0 aliphatic carbocycles. The number of nitrogens with one attached hydrogen (secondary N) is 1. The summed E-state index contributed by atoms with van der Waals surface area (Å²) in [5.74, 6) is 0.282. The summed E-state index contributed by atoms with van der Waals surface area (Å²) in [7, 11) is 0. The monoisotopic (exact) mass is 374 g/mol. The lowest BCUT2D eigenvalue weighted by atomic mass is 9.78. The molecule has 0 unspecified atom stereocenters. The average Bonchev–Trinajstić information content (AvgIpc) is 2.85. The lowest BCUT2D eigenvalue weighted by molar-refractivity contribution is -0.0507. The first-order valence-electron chi connectivity index (χ1n) is 7.73. The zero-order valence-corrected chi connectivity index (χ0v) is 14.0. The molecule has 3 rings (SSSR count). The van der Waals surface area contributed by atoms with Crippen LogP contribution in [0.2, 0.25) is 0 Å². The number of hydrogen-bond acceptors (Lipinski definition) is 3. The molecule has 2 fully saturated rings. The number of rotatable bonds is 4. The number of halogens is 3. The number of alkyl halides is 2. The highest BCUT2D eigenvalue weighted by molar-refractivity contribution is 9.10. The first-order valence-corrected chi connectivity index (χ1v) is 8.52. The molecule has 2 heterocycles. The molecule has 1 spiro atoms. The predicted molar refractivity (Wildman–Crippen MR) is 85.2 cm³/mol. The molecule has 0 atom stereocenters. The number of ether oxygens (including phenoxy) is 1. The number of benzene rings is 1. The highest BCUT2D eigenvalue weighted by atomic mass is 79.9. The van der Waals surface area contributed by atoms with E-state index >= 15 is 0 Å². The maximum absolute atomic E-state index is 12.5. The van der Waals surface area contributed by atoms with E-state index in [4.69, 9.17) is 0 Å². The van der Waals surface area contributed by atoms with Crippen molar-refractivity contribution in [3.05, 3.63) is 28.2 Å². The Bertz CT molecular complexity index is 521. The van der Waals surface area contributed by atoms with E-state index in [1.54, 1.807) is 12.1 Å². The molecule has 1 N–H and O–H groups in total. The summed E-state index contributed by atoms with van der Waals surface area (Å²) >= 11 is 3.41. The van der Waals surface area contributed by atoms with Gasteiger partial charge in [0.2, 0.25) is 0 Å². The molecule has 6 heteroatoms. The maximum Gasteiger partial charge on any atom is 0.387 e. The number of likely N-dealkylation sites (tertiary alicyclic amines) is 1. The van der Waals surface area contributed by atoms with E-state index in [-0.39, 0.29) is 5.75 Å². The van der Waals surface area contributed by atoms with Crippen LogP contribution in [0.3, 0.4) is 0 Å². The summed E-state index contributed by atoms with van der Waals surface area (Å²) in [6.07, 6.45) is 3.62. The number of nitrogens with zero attached hydrogens (tertiary/aromatic N) is 1. The maximum atomic E-state index is 12.5. The molecule has 22 heavy (non-hydrogen) atoms. The van der Waals surface area contributed by atoms with Crippen molar-refractivity contribution in [3.8, 4) is 5.75 Å². The first-order chi connectivity index (χ1) is 10.6. The van der Waals surface area contributed by atoms with Crippen LogP contribution in [0, 0.1) is 5.41 Å². The molecule has 0 aromatic heterocycles. The standard InChI is InChI=1S/C16H21BrF2N2O/c17-13-1-2-14(22-15(18)19)12(9-13)10-21-8-5-16(11-21)3-6-20-7-4-16/h1-2,9,15,20H,3-8,10-11H2. The molecule has 0 amide bonds. The summed E-state index contributed by atoms with van der Waals surface area (Å²) in [4.78, 5) is 2.37. The van der Waals surface area contributed by atoms with Gasteiger partial charge in [-0.25, -0.2) is 0 Å². The van der Waals surface area contributed by atoms with Gasteiger partial charge in [-0.1, -0.05) is 15.9 Å². The topological polar surface area (TPSA) is 24.5 Å². The summed E-state index contributed by atoms with van der Waals surface area (Å²) in [6, 6.07) is 5.23. The Morgan fingerprint density at radius 3 is 2.77 bits per heavy atom. The Hall–Kier alpha value is -0.720. The van der Waals surface area contributed by atoms with Crippen LogP contribution in [0.15, 0.2) is 22.7 Å². The second kappa shape index (κ2) is 6.81. The van der Waals surface area contributed by atoms with Crippen molar-refractivity contribution in [2.24, 2.45) is 5.41 Å². The minimum atomic E-state index is -2.78. The Kier molecular flexibility index (Phi) is 5.00. The second-order valence-electron chi connectivity index (χ2n) is 6.34. The van der Waals surface area contributed by atoms with Gasteiger partial charge in [0, 0.05) is 23.1 Å². The molecule has 2 aliphatic rings. The van der Waals surface area contributed by atoms with Crippen molar-refractivity contribution < 1.29 is 13.5 Å². The van der Waals surface area contributed by atoms with Crippen LogP contribution >= 0.6 is 15.9 Å². The summed E-state index contributed by atoms with van der Waals surface area (Å²) < 4.78 is 30.6. The first kappa shape index (κ1) is 16.1. The molecule has 1 aromatic rings. The van der Waals surface area contributed by atoms with E-state index in [1.807, 2.05) is 6.07 Å². The van der Waals surface area contributed by atoms with Crippen LogP contribution < -0.4 is 10.1 Å². The summed E-state index contributed by atoms with van der Waals surface area (Å²) in [5.41, 5.74) is 1.24. The average molecular weight is 375 g/mol. The summed E-state index contributed by atoms with van der Waals surface area (Å²) in [6.45, 7) is 2.14. The number of piperidine rings is 1. The fraction of sp³-hybridized carbons (Fsp3) is 0.625. The van der Waals surface area contributed by atoms with Crippen LogP contribution in [0.4, 0.5) is 8.78 Å². The second-order valence-corrected chi connectivity index (χ2v) is 7.26. The third-order valence-corrected chi connectivity index (χ3v) is 5.31. The molecule has 3 nitrogen and oxygen atoms in total. The zero-order chi connectivity index (χ0) is 15.6. The van der Waals surface area contributed by atoms with Crippen LogP contribution in [0.5, 0.6) is 5.75 Å². The van der Waals surface area contributed by atoms with Crippen LogP contribution in [0.1, 0.15) is 24.8 Å². The van der Waals surface area contributed by atoms with E-state index in [9.17, 15) is 8.78 Å². The van der Waals surface area contributed by atoms with Crippen LogP contribution in [-0.2, 0) is 6.54 Å². The van der Waals surface area contributed by atoms with E-state index in [2.05, 4.69) is 30.9 Å². The SMILES string of the molecule is FC(F)Oc1ccc(Br)cc1CN1CCC2(CCNCC2)C1. The van der Waals surface area contributed by atoms with Gasteiger partial charge >= 0.3 is 6.61 Å². The van der Waals surface area contributed by atoms with E-state index < -0.39 is 6.61 Å². The van der Waals surface area contributed by atoms with Crippen molar-refractivity contribution in [2.45, 2.75) is 32.4 Å². The highest BCUT2D eigenvalue weighted by Gasteiger charge is 2.38. The van der Waals surface area contributed by atoms with E-state index in [0.717, 1.165) is 36.2 Å². The van der Waals surface area contributed by atoms with Gasteiger partial charge in [0.1, 0.15) is 5.75 Å². The van der Waals surface area contributed by atoms with Crippen LogP contribution in [-0.4, -0.2) is 37.7 Å². The Labute approximate surface area is 138 Å². The quantitative estimate of drug-likeness (QED) is 0.870. The molecule has 122 valence electrons. The fourth-order valence-corrected chi connectivity index (χ4v) is 4.06. The van der Waals surface area contributed by atoms with Crippen molar-refractivity contribution in [2.75, 3.05) is 26.2 Å². The van der Waals surface area contributed by atoms with E-state index in [1.165, 1.54) is 19.3 Å². The molecular formula is C16H21BrF2N2O. The van der Waals surface area contributed by atoms with Crippen molar-refractivity contribution in [1.29, 1.82) is 0 Å². The molecule has 1 aromatic carbocycles. The van der Waals surface area contributed by atoms with Gasteiger partial charge in [-0.05, 0) is 62.5 Å². The molecule has 2 saturated heterocycles. The lowest BCUT2D eigenvalue weighted by Gasteiger charge is -2.34. The predicted octanol–water partition coefficient (Wildman–Crippen LogP) is 3.63. The Morgan fingerprint density at radius 2 is 2.05 bits per heavy atom. The highest BCUT2D eigenvalue weighted by Crippen LogP contribution is 2.39. The minimum Gasteiger partial charge on any atom is -0.434 e. The van der Waals surface area contributed by atoms with Crippen molar-refractivity contribution in [3.63, 3.8) is 0 Å². The molecular weight excluding hydrogens is 354 g/mol. The van der Waals surface area contributed by atoms with E-state index in [0.29, 0.717) is 12.0 Å². The number of hydrogen-bond donors (Lipinski definition) is 1. The third-order valence-electron chi connectivity index (χ3n) is 4.81. The fourth-order valence-electron chi connectivity index (χ4n) is 3.65. The van der Waals surface area contributed by atoms with Gasteiger partial charge in [-0.15, -0.1) is 0 Å². The van der Waals surface area contributed by atoms with Gasteiger partial charge in [-0.3, -0.25) is 4.90 Å². The molecule has 0 bridgehead atoms. The Morgan fingerprint density at radius 1 is 1.27 bits per heavy atom. The lowest BCUT2D eigenvalue weighted by Crippen LogP contribution is -2.38. The minimum absolute atomic E-state index is 0.282. The molecule has 0 saturated carbocycles. The van der Waals surface area contributed by atoms with Gasteiger partial charge in [0.05, 0.1) is 0 Å². The zero-order valence-electron chi connectivity index (χ0n) is 12.5. The molecule has 0 radical (unpaired) electrons. The van der Waals surface area contributed by atoms with Crippen molar-refractivity contribution in [1.82, 2.24) is 10.2 Å².